The third-order valence-electron chi connectivity index (χ3n) is 5.84. The molecule has 2 amide bonds. The van der Waals surface area contributed by atoms with Gasteiger partial charge in [-0.2, -0.15) is 0 Å². The summed E-state index contributed by atoms with van der Waals surface area (Å²) in [5.74, 6) is 0.427. The lowest BCUT2D eigenvalue weighted by molar-refractivity contribution is -0.131. The van der Waals surface area contributed by atoms with Crippen molar-refractivity contribution < 1.29 is 14.3 Å². The van der Waals surface area contributed by atoms with Gasteiger partial charge in [0.15, 0.2) is 0 Å². The van der Waals surface area contributed by atoms with Gasteiger partial charge in [0.05, 0.1) is 13.2 Å². The molecule has 1 aliphatic heterocycles. The zero-order valence-corrected chi connectivity index (χ0v) is 17.9. The van der Waals surface area contributed by atoms with E-state index in [1.165, 1.54) is 11.1 Å². The van der Waals surface area contributed by atoms with Crippen LogP contribution < -0.4 is 20.7 Å². The summed E-state index contributed by atoms with van der Waals surface area (Å²) in [6.07, 6.45) is 1.41. The minimum absolute atomic E-state index is 0.0162. The monoisotopic (exact) mass is 409 g/mol. The minimum atomic E-state index is -0.587. The number of methoxy groups -OCH3 is 1. The first-order chi connectivity index (χ1) is 14.5. The second kappa shape index (κ2) is 10.3. The highest BCUT2D eigenvalue weighted by molar-refractivity contribution is 5.90. The Morgan fingerprint density at radius 3 is 2.57 bits per heavy atom. The van der Waals surface area contributed by atoms with Crippen LogP contribution in [0.5, 0.6) is 5.75 Å². The predicted octanol–water partition coefficient (Wildman–Crippen LogP) is 2.56. The van der Waals surface area contributed by atoms with E-state index in [0.717, 1.165) is 17.7 Å². The summed E-state index contributed by atoms with van der Waals surface area (Å²) in [5, 5.41) is 9.24. The fraction of sp³-hybridized carbons (Fsp3) is 0.417. The molecule has 2 aromatic carbocycles. The second-order valence-electron chi connectivity index (χ2n) is 7.81. The van der Waals surface area contributed by atoms with Crippen LogP contribution in [0.25, 0.3) is 0 Å². The zero-order valence-electron chi connectivity index (χ0n) is 17.9. The maximum atomic E-state index is 12.9. The largest absolute Gasteiger partial charge is 0.496 e. The van der Waals surface area contributed by atoms with Crippen molar-refractivity contribution in [1.29, 1.82) is 0 Å². The highest BCUT2D eigenvalue weighted by Crippen LogP contribution is 2.18. The van der Waals surface area contributed by atoms with Gasteiger partial charge in [-0.1, -0.05) is 62.7 Å². The van der Waals surface area contributed by atoms with Gasteiger partial charge in [-0.3, -0.25) is 9.59 Å². The molecular formula is C24H31N3O3. The average molecular weight is 410 g/mol. The SMILES string of the molecule is CC[C@@H](C)[C@H](NC(=O)[C@@H]1Cc2ccccc2CN1)C(=O)NCc1ccccc1OC. The van der Waals surface area contributed by atoms with Crippen molar-refractivity contribution in [3.63, 3.8) is 0 Å². The van der Waals surface area contributed by atoms with Crippen LogP contribution >= 0.6 is 0 Å². The lowest BCUT2D eigenvalue weighted by atomic mass is 9.94. The zero-order chi connectivity index (χ0) is 21.5. The summed E-state index contributed by atoms with van der Waals surface area (Å²) in [5.41, 5.74) is 3.29. The Kier molecular flexibility index (Phi) is 7.46. The summed E-state index contributed by atoms with van der Waals surface area (Å²) >= 11 is 0. The first kappa shape index (κ1) is 21.8. The van der Waals surface area contributed by atoms with Crippen molar-refractivity contribution in [2.24, 2.45) is 5.92 Å². The number of fused-ring (bicyclic) bond motifs is 1. The van der Waals surface area contributed by atoms with Crippen LogP contribution in [0.15, 0.2) is 48.5 Å². The van der Waals surface area contributed by atoms with Crippen molar-refractivity contribution >= 4 is 11.8 Å². The Balaban J connectivity index is 1.64. The molecule has 0 spiro atoms. The van der Waals surface area contributed by atoms with Crippen LogP contribution in [-0.4, -0.2) is 31.0 Å². The number of carbonyl (C=O) groups excluding carboxylic acids is 2. The number of hydrogen-bond acceptors (Lipinski definition) is 4. The molecule has 6 heteroatoms. The maximum absolute atomic E-state index is 12.9. The molecule has 2 aromatic rings. The Morgan fingerprint density at radius 1 is 1.13 bits per heavy atom. The van der Waals surface area contributed by atoms with Crippen LogP contribution in [-0.2, 0) is 29.1 Å². The molecule has 6 nitrogen and oxygen atoms in total. The van der Waals surface area contributed by atoms with Gasteiger partial charge >= 0.3 is 0 Å². The van der Waals surface area contributed by atoms with Crippen molar-refractivity contribution in [2.45, 2.75) is 51.9 Å². The lowest BCUT2D eigenvalue weighted by Crippen LogP contribution is -2.56. The molecule has 0 fully saturated rings. The van der Waals surface area contributed by atoms with Crippen molar-refractivity contribution in [3.8, 4) is 5.75 Å². The van der Waals surface area contributed by atoms with Gasteiger partial charge in [0, 0.05) is 18.7 Å². The average Bonchev–Trinajstić information content (AvgIpc) is 2.80. The van der Waals surface area contributed by atoms with E-state index in [0.29, 0.717) is 19.5 Å². The number of amides is 2. The fourth-order valence-corrected chi connectivity index (χ4v) is 3.74. The van der Waals surface area contributed by atoms with Crippen molar-refractivity contribution in [1.82, 2.24) is 16.0 Å². The number of para-hydroxylation sites is 1. The van der Waals surface area contributed by atoms with Crippen LogP contribution in [0.4, 0.5) is 0 Å². The predicted molar refractivity (Wildman–Crippen MR) is 117 cm³/mol. The van der Waals surface area contributed by atoms with Crippen molar-refractivity contribution in [3.05, 3.63) is 65.2 Å². The fourth-order valence-electron chi connectivity index (χ4n) is 3.74. The summed E-state index contributed by atoms with van der Waals surface area (Å²) in [7, 11) is 1.61. The summed E-state index contributed by atoms with van der Waals surface area (Å²) < 4.78 is 5.35. The van der Waals surface area contributed by atoms with Crippen LogP contribution in [0.3, 0.4) is 0 Å². The topological polar surface area (TPSA) is 79.5 Å². The first-order valence-electron chi connectivity index (χ1n) is 10.5. The molecule has 0 bridgehead atoms. The number of hydrogen-bond donors (Lipinski definition) is 3. The molecule has 3 rings (SSSR count). The number of nitrogens with one attached hydrogen (secondary N) is 3. The molecule has 0 radical (unpaired) electrons. The number of ether oxygens (including phenoxy) is 1. The molecular weight excluding hydrogens is 378 g/mol. The molecule has 1 aliphatic rings. The van der Waals surface area contributed by atoms with Gasteiger partial charge in [0.1, 0.15) is 11.8 Å². The molecule has 160 valence electrons. The Bertz CT molecular complexity index is 884. The second-order valence-corrected chi connectivity index (χ2v) is 7.81. The molecule has 3 N–H and O–H groups in total. The van der Waals surface area contributed by atoms with Gasteiger partial charge in [-0.05, 0) is 29.5 Å². The van der Waals surface area contributed by atoms with Gasteiger partial charge in [0.2, 0.25) is 11.8 Å². The quantitative estimate of drug-likeness (QED) is 0.626. The number of rotatable bonds is 8. The Labute approximate surface area is 178 Å². The molecule has 3 atom stereocenters. The van der Waals surface area contributed by atoms with E-state index >= 15 is 0 Å². The molecule has 0 saturated heterocycles. The van der Waals surface area contributed by atoms with E-state index in [1.807, 2.05) is 50.2 Å². The van der Waals surface area contributed by atoms with Gasteiger partial charge in [-0.25, -0.2) is 0 Å². The van der Waals surface area contributed by atoms with Crippen LogP contribution in [0, 0.1) is 5.92 Å². The highest BCUT2D eigenvalue weighted by Gasteiger charge is 2.30. The molecule has 1 heterocycles. The maximum Gasteiger partial charge on any atom is 0.243 e. The third kappa shape index (κ3) is 5.19. The van der Waals surface area contributed by atoms with E-state index in [2.05, 4.69) is 28.1 Å². The molecule has 30 heavy (non-hydrogen) atoms. The molecule has 0 unspecified atom stereocenters. The van der Waals surface area contributed by atoms with E-state index in [4.69, 9.17) is 4.74 Å². The molecule has 0 saturated carbocycles. The minimum Gasteiger partial charge on any atom is -0.496 e. The summed E-state index contributed by atoms with van der Waals surface area (Å²) in [4.78, 5) is 25.9. The third-order valence-corrected chi connectivity index (χ3v) is 5.84. The first-order valence-corrected chi connectivity index (χ1v) is 10.5. The van der Waals surface area contributed by atoms with E-state index in [1.54, 1.807) is 7.11 Å². The van der Waals surface area contributed by atoms with Gasteiger partial charge in [0.25, 0.3) is 0 Å². The highest BCUT2D eigenvalue weighted by atomic mass is 16.5. The van der Waals surface area contributed by atoms with Gasteiger partial charge in [-0.15, -0.1) is 0 Å². The van der Waals surface area contributed by atoms with Crippen LogP contribution in [0.1, 0.15) is 37.0 Å². The Hall–Kier alpha value is -2.86. The van der Waals surface area contributed by atoms with E-state index in [-0.39, 0.29) is 23.8 Å². The molecule has 0 aromatic heterocycles. The van der Waals surface area contributed by atoms with Crippen LogP contribution in [0.2, 0.25) is 0 Å². The molecule has 0 aliphatic carbocycles. The lowest BCUT2D eigenvalue weighted by Gasteiger charge is -2.29. The number of carbonyl (C=O) groups is 2. The standard InChI is InChI=1S/C24H31N3O3/c1-4-16(2)22(24(29)26-15-19-11-7-8-12-21(19)30-3)27-23(28)20-13-17-9-5-6-10-18(17)14-25-20/h5-12,16,20,22,25H,4,13-15H2,1-3H3,(H,26,29)(H,27,28)/t16-,20+,22+/m1/s1. The normalized spacial score (nSPS) is 17.4. The van der Waals surface area contributed by atoms with Gasteiger partial charge < -0.3 is 20.7 Å². The summed E-state index contributed by atoms with van der Waals surface area (Å²) in [6, 6.07) is 14.8. The van der Waals surface area contributed by atoms with E-state index < -0.39 is 6.04 Å². The Morgan fingerprint density at radius 2 is 1.83 bits per heavy atom. The smallest absolute Gasteiger partial charge is 0.243 e. The number of benzene rings is 2. The van der Waals surface area contributed by atoms with E-state index in [9.17, 15) is 9.59 Å². The van der Waals surface area contributed by atoms with Crippen molar-refractivity contribution in [2.75, 3.05) is 7.11 Å². The summed E-state index contributed by atoms with van der Waals surface area (Å²) in [6.45, 7) is 5.01.